The van der Waals surface area contributed by atoms with Gasteiger partial charge in [-0.05, 0) is 18.2 Å². The molecule has 1 aromatic carbocycles. The second-order valence-electron chi connectivity index (χ2n) is 5.15. The molecule has 1 heterocycles. The van der Waals surface area contributed by atoms with Gasteiger partial charge in [0.25, 0.3) is 0 Å². The van der Waals surface area contributed by atoms with E-state index in [0.717, 1.165) is 6.07 Å². The van der Waals surface area contributed by atoms with E-state index in [0.29, 0.717) is 11.5 Å². The Morgan fingerprint density at radius 2 is 1.92 bits per heavy atom. The highest BCUT2D eigenvalue weighted by Gasteiger charge is 2.34. The summed E-state index contributed by atoms with van der Waals surface area (Å²) in [5.74, 6) is -0.446. The summed E-state index contributed by atoms with van der Waals surface area (Å²) in [6, 6.07) is 8.41. The molecule has 0 saturated heterocycles. The molecule has 2 aromatic rings. The van der Waals surface area contributed by atoms with Gasteiger partial charge in [0.15, 0.2) is 5.96 Å². The SMILES string of the molecule is CN=C(NCCOc1ncccc1C(F)(F)F)NCc1ccccc1F. The predicted octanol–water partition coefficient (Wildman–Crippen LogP) is 2.98. The van der Waals surface area contributed by atoms with Gasteiger partial charge in [0, 0.05) is 25.4 Å². The quantitative estimate of drug-likeness (QED) is 0.355. The Labute approximate surface area is 148 Å². The van der Waals surface area contributed by atoms with Gasteiger partial charge in [-0.25, -0.2) is 9.37 Å². The maximum Gasteiger partial charge on any atom is 0.421 e. The van der Waals surface area contributed by atoms with Gasteiger partial charge in [0.1, 0.15) is 18.0 Å². The van der Waals surface area contributed by atoms with E-state index >= 15 is 0 Å². The highest BCUT2D eigenvalue weighted by molar-refractivity contribution is 5.79. The van der Waals surface area contributed by atoms with Crippen LogP contribution in [0.15, 0.2) is 47.6 Å². The van der Waals surface area contributed by atoms with E-state index in [1.165, 1.54) is 25.4 Å². The largest absolute Gasteiger partial charge is 0.475 e. The zero-order chi connectivity index (χ0) is 19.0. The number of hydrogen-bond donors (Lipinski definition) is 2. The molecule has 26 heavy (non-hydrogen) atoms. The predicted molar refractivity (Wildman–Crippen MR) is 89.3 cm³/mol. The lowest BCUT2D eigenvalue weighted by atomic mass is 10.2. The van der Waals surface area contributed by atoms with E-state index in [9.17, 15) is 17.6 Å². The second-order valence-corrected chi connectivity index (χ2v) is 5.15. The van der Waals surface area contributed by atoms with E-state index < -0.39 is 17.6 Å². The number of halogens is 4. The summed E-state index contributed by atoms with van der Waals surface area (Å²) in [5.41, 5.74) is -0.461. The Morgan fingerprint density at radius 1 is 1.15 bits per heavy atom. The normalized spacial score (nSPS) is 12.0. The average Bonchev–Trinajstić information content (AvgIpc) is 2.62. The van der Waals surface area contributed by atoms with Crippen molar-refractivity contribution in [2.45, 2.75) is 12.7 Å². The van der Waals surface area contributed by atoms with Gasteiger partial charge in [-0.15, -0.1) is 0 Å². The van der Waals surface area contributed by atoms with Crippen molar-refractivity contribution in [1.29, 1.82) is 0 Å². The van der Waals surface area contributed by atoms with Gasteiger partial charge in [-0.1, -0.05) is 18.2 Å². The molecule has 2 rings (SSSR count). The van der Waals surface area contributed by atoms with Crippen molar-refractivity contribution in [2.75, 3.05) is 20.2 Å². The van der Waals surface area contributed by atoms with Crippen molar-refractivity contribution in [3.63, 3.8) is 0 Å². The molecular weight excluding hydrogens is 352 g/mol. The summed E-state index contributed by atoms with van der Waals surface area (Å²) < 4.78 is 57.2. The topological polar surface area (TPSA) is 58.5 Å². The smallest absolute Gasteiger partial charge is 0.421 e. The fourth-order valence-electron chi connectivity index (χ4n) is 2.08. The number of rotatable bonds is 6. The number of benzene rings is 1. The third kappa shape index (κ3) is 5.61. The summed E-state index contributed by atoms with van der Waals surface area (Å²) in [7, 11) is 1.53. The summed E-state index contributed by atoms with van der Waals surface area (Å²) in [5, 5.41) is 5.78. The molecule has 0 saturated carbocycles. The lowest BCUT2D eigenvalue weighted by Gasteiger charge is -2.14. The molecule has 1 aromatic heterocycles. The summed E-state index contributed by atoms with van der Waals surface area (Å²) in [6.07, 6.45) is -3.30. The lowest BCUT2D eigenvalue weighted by molar-refractivity contribution is -0.139. The summed E-state index contributed by atoms with van der Waals surface area (Å²) >= 11 is 0. The minimum Gasteiger partial charge on any atom is -0.475 e. The van der Waals surface area contributed by atoms with Crippen molar-refractivity contribution >= 4 is 5.96 Å². The Balaban J connectivity index is 1.81. The van der Waals surface area contributed by atoms with Gasteiger partial charge in [0.05, 0.1) is 6.54 Å². The van der Waals surface area contributed by atoms with Crippen LogP contribution in [0.1, 0.15) is 11.1 Å². The summed E-state index contributed by atoms with van der Waals surface area (Å²) in [4.78, 5) is 7.57. The molecule has 9 heteroatoms. The van der Waals surface area contributed by atoms with E-state index in [1.807, 2.05) is 0 Å². The molecule has 0 aliphatic carbocycles. The van der Waals surface area contributed by atoms with Crippen molar-refractivity contribution in [1.82, 2.24) is 15.6 Å². The molecule has 0 aliphatic rings. The fraction of sp³-hybridized carbons (Fsp3) is 0.294. The van der Waals surface area contributed by atoms with Crippen LogP contribution in [0.3, 0.4) is 0 Å². The van der Waals surface area contributed by atoms with Crippen molar-refractivity contribution in [3.05, 3.63) is 59.5 Å². The zero-order valence-electron chi connectivity index (χ0n) is 14.0. The van der Waals surface area contributed by atoms with Crippen LogP contribution in [0.2, 0.25) is 0 Å². The average molecular weight is 370 g/mol. The molecule has 0 spiro atoms. The van der Waals surface area contributed by atoms with E-state index in [-0.39, 0.29) is 25.5 Å². The Morgan fingerprint density at radius 3 is 2.62 bits per heavy atom. The second kappa shape index (κ2) is 9.02. The van der Waals surface area contributed by atoms with E-state index in [2.05, 4.69) is 20.6 Å². The first-order valence-electron chi connectivity index (χ1n) is 7.74. The van der Waals surface area contributed by atoms with Crippen LogP contribution in [0.25, 0.3) is 0 Å². The molecule has 0 fully saturated rings. The van der Waals surface area contributed by atoms with Crippen LogP contribution in [0.5, 0.6) is 5.88 Å². The summed E-state index contributed by atoms with van der Waals surface area (Å²) in [6.45, 7) is 0.344. The molecule has 0 atom stereocenters. The number of hydrogen-bond acceptors (Lipinski definition) is 3. The first kappa shape index (κ1) is 19.5. The molecule has 2 N–H and O–H groups in total. The molecule has 0 aliphatic heterocycles. The Hall–Kier alpha value is -2.84. The van der Waals surface area contributed by atoms with Crippen molar-refractivity contribution in [2.24, 2.45) is 4.99 Å². The molecular formula is C17H18F4N4O. The van der Waals surface area contributed by atoms with Crippen LogP contribution in [0, 0.1) is 5.82 Å². The van der Waals surface area contributed by atoms with Crippen LogP contribution in [-0.4, -0.2) is 31.1 Å². The maximum absolute atomic E-state index is 13.6. The molecule has 0 amide bonds. The van der Waals surface area contributed by atoms with Crippen LogP contribution < -0.4 is 15.4 Å². The Kier molecular flexibility index (Phi) is 6.76. The molecule has 0 radical (unpaired) electrons. The minimum atomic E-state index is -4.53. The maximum atomic E-state index is 13.6. The standard InChI is InChI=1S/C17H18F4N4O/c1-22-16(25-11-12-5-2-3-7-14(12)18)24-9-10-26-15-13(17(19,20)21)6-4-8-23-15/h2-8H,9-11H2,1H3,(H2,22,24,25). The number of guanidine groups is 1. The number of ether oxygens (including phenoxy) is 1. The van der Waals surface area contributed by atoms with E-state index in [4.69, 9.17) is 4.74 Å². The number of aliphatic imine (C=N–C) groups is 1. The third-order valence-electron chi connectivity index (χ3n) is 3.34. The van der Waals surface area contributed by atoms with Gasteiger partial charge in [0.2, 0.25) is 5.88 Å². The zero-order valence-corrected chi connectivity index (χ0v) is 14.0. The number of aromatic nitrogens is 1. The highest BCUT2D eigenvalue weighted by atomic mass is 19.4. The van der Waals surface area contributed by atoms with E-state index in [1.54, 1.807) is 18.2 Å². The monoisotopic (exact) mass is 370 g/mol. The lowest BCUT2D eigenvalue weighted by Crippen LogP contribution is -2.39. The molecule has 0 unspecified atom stereocenters. The van der Waals surface area contributed by atoms with Crippen molar-refractivity contribution < 1.29 is 22.3 Å². The Bertz CT molecular complexity index is 750. The first-order chi connectivity index (χ1) is 12.4. The molecule has 140 valence electrons. The van der Waals surface area contributed by atoms with Crippen LogP contribution in [0.4, 0.5) is 17.6 Å². The fourth-order valence-corrected chi connectivity index (χ4v) is 2.08. The number of nitrogens with zero attached hydrogens (tertiary/aromatic N) is 2. The molecule has 0 bridgehead atoms. The van der Waals surface area contributed by atoms with Crippen LogP contribution in [-0.2, 0) is 12.7 Å². The first-order valence-corrected chi connectivity index (χ1v) is 7.74. The van der Waals surface area contributed by atoms with Gasteiger partial charge in [-0.2, -0.15) is 13.2 Å². The number of pyridine rings is 1. The number of alkyl halides is 3. The van der Waals surface area contributed by atoms with Gasteiger partial charge in [-0.3, -0.25) is 4.99 Å². The molecule has 5 nitrogen and oxygen atoms in total. The van der Waals surface area contributed by atoms with Gasteiger partial charge >= 0.3 is 6.18 Å². The van der Waals surface area contributed by atoms with Gasteiger partial charge < -0.3 is 15.4 Å². The highest BCUT2D eigenvalue weighted by Crippen LogP contribution is 2.34. The minimum absolute atomic E-state index is 0.0551. The van der Waals surface area contributed by atoms with Crippen LogP contribution >= 0.6 is 0 Å². The van der Waals surface area contributed by atoms with Crippen molar-refractivity contribution in [3.8, 4) is 5.88 Å². The third-order valence-corrected chi connectivity index (χ3v) is 3.34. The number of nitrogens with one attached hydrogen (secondary N) is 2.